The fourth-order valence-electron chi connectivity index (χ4n) is 3.97. The molecular weight excluding hydrogens is 409 g/mol. The first-order valence-electron chi connectivity index (χ1n) is 10.6. The van der Waals surface area contributed by atoms with E-state index in [9.17, 15) is 23.1 Å². The van der Waals surface area contributed by atoms with Crippen molar-refractivity contribution in [2.75, 3.05) is 6.54 Å². The molecule has 168 valence electrons. The molecule has 0 spiro atoms. The third-order valence-corrected chi connectivity index (χ3v) is 5.43. The quantitative estimate of drug-likeness (QED) is 0.406. The van der Waals surface area contributed by atoms with Gasteiger partial charge >= 0.3 is 6.36 Å². The van der Waals surface area contributed by atoms with Crippen LogP contribution in [0.5, 0.6) is 5.75 Å². The number of Topliss-reactive ketones (excluding diaryl/α,β-unsaturated/α-hetero) is 1. The number of ketones is 1. The molecule has 1 aromatic carbocycles. The zero-order valence-electron chi connectivity index (χ0n) is 17.7. The second-order valence-electron chi connectivity index (χ2n) is 7.76. The predicted molar refractivity (Wildman–Crippen MR) is 114 cm³/mol. The molecule has 1 aromatic heterocycles. The summed E-state index contributed by atoms with van der Waals surface area (Å²) >= 11 is 0. The number of hydrogen-bond donors (Lipinski definition) is 2. The van der Waals surface area contributed by atoms with Gasteiger partial charge < -0.3 is 14.8 Å². The Bertz CT molecular complexity index is 1020. The van der Waals surface area contributed by atoms with Crippen LogP contribution in [0.2, 0.25) is 0 Å². The number of aliphatic imine (C=N–C) groups is 1. The highest BCUT2D eigenvalue weighted by Crippen LogP contribution is 2.30. The Morgan fingerprint density at radius 1 is 1.29 bits per heavy atom. The molecule has 8 heteroatoms. The Hall–Kier alpha value is -2.77. The molecule has 5 nitrogen and oxygen atoms in total. The van der Waals surface area contributed by atoms with Crippen LogP contribution < -0.4 is 4.74 Å². The first-order chi connectivity index (χ1) is 14.7. The van der Waals surface area contributed by atoms with Gasteiger partial charge in [0.1, 0.15) is 11.5 Å². The highest BCUT2D eigenvalue weighted by molar-refractivity contribution is 6.24. The van der Waals surface area contributed by atoms with Gasteiger partial charge in [-0.2, -0.15) is 0 Å². The smallest absolute Gasteiger partial charge is 0.511 e. The maximum absolute atomic E-state index is 12.6. The molecule has 1 fully saturated rings. The Kier molecular flexibility index (Phi) is 7.08. The predicted octanol–water partition coefficient (Wildman–Crippen LogP) is 6.11. The topological polar surface area (TPSA) is 74.7 Å². The summed E-state index contributed by atoms with van der Waals surface area (Å²) in [6.45, 7) is 4.24. The van der Waals surface area contributed by atoms with Crippen molar-refractivity contribution in [2.24, 2.45) is 4.99 Å². The number of hydrogen-bond acceptors (Lipinski definition) is 4. The number of allylic oxidation sites excluding steroid dienone is 2. The number of aromatic nitrogens is 1. The number of carbonyl (C=O) groups excluding carboxylic acids is 1. The lowest BCUT2D eigenvalue weighted by molar-refractivity contribution is -0.274. The molecule has 0 aliphatic heterocycles. The van der Waals surface area contributed by atoms with Crippen LogP contribution in [-0.2, 0) is 11.2 Å². The molecule has 1 aliphatic rings. The number of alkyl halides is 3. The van der Waals surface area contributed by atoms with Gasteiger partial charge in [-0.05, 0) is 56.4 Å². The van der Waals surface area contributed by atoms with Gasteiger partial charge in [0.25, 0.3) is 0 Å². The molecule has 0 bridgehead atoms. The molecule has 2 aromatic rings. The molecular formula is C23H27F3N2O3. The van der Waals surface area contributed by atoms with E-state index in [1.807, 2.05) is 13.8 Å². The summed E-state index contributed by atoms with van der Waals surface area (Å²) < 4.78 is 41.7. The summed E-state index contributed by atoms with van der Waals surface area (Å²) in [5, 5.41) is 11.1. The minimum absolute atomic E-state index is 0.0733. The van der Waals surface area contributed by atoms with E-state index in [0.29, 0.717) is 55.3 Å². The van der Waals surface area contributed by atoms with Crippen LogP contribution in [0.4, 0.5) is 13.2 Å². The van der Waals surface area contributed by atoms with Gasteiger partial charge in [0.15, 0.2) is 5.78 Å². The Balaban J connectivity index is 1.82. The van der Waals surface area contributed by atoms with Crippen LogP contribution in [0.1, 0.15) is 56.7 Å². The Labute approximate surface area is 179 Å². The molecule has 2 N–H and O–H groups in total. The lowest BCUT2D eigenvalue weighted by Crippen LogP contribution is -2.22. The number of aryl methyl sites for hydroxylation is 1. The zero-order valence-corrected chi connectivity index (χ0v) is 17.7. The van der Waals surface area contributed by atoms with E-state index < -0.39 is 6.36 Å². The van der Waals surface area contributed by atoms with E-state index in [4.69, 9.17) is 0 Å². The molecule has 1 heterocycles. The van der Waals surface area contributed by atoms with Gasteiger partial charge in [-0.25, -0.2) is 0 Å². The lowest BCUT2D eigenvalue weighted by atomic mass is 9.89. The average molecular weight is 436 g/mol. The number of aromatic amines is 1. The molecule has 31 heavy (non-hydrogen) atoms. The number of nitrogens with zero attached hydrogens (tertiary/aromatic N) is 1. The summed E-state index contributed by atoms with van der Waals surface area (Å²) in [6.07, 6.45) is -0.345. The maximum Gasteiger partial charge on any atom is 0.573 e. The van der Waals surface area contributed by atoms with Gasteiger partial charge in [0.2, 0.25) is 0 Å². The summed E-state index contributed by atoms with van der Waals surface area (Å²) in [5.74, 6) is -0.228. The van der Waals surface area contributed by atoms with E-state index >= 15 is 0 Å². The van der Waals surface area contributed by atoms with Crippen molar-refractivity contribution in [3.05, 3.63) is 40.8 Å². The molecule has 1 saturated carbocycles. The fraction of sp³-hybridized carbons (Fsp3) is 0.478. The van der Waals surface area contributed by atoms with E-state index in [-0.39, 0.29) is 17.3 Å². The number of nitrogens with one attached hydrogen (secondary N) is 1. The number of benzene rings is 1. The summed E-state index contributed by atoms with van der Waals surface area (Å²) in [5.41, 5.74) is 3.41. The normalized spacial score (nSPS) is 18.1. The van der Waals surface area contributed by atoms with Crippen LogP contribution in [0, 0.1) is 6.92 Å². The van der Waals surface area contributed by atoms with E-state index in [1.54, 1.807) is 6.07 Å². The van der Waals surface area contributed by atoms with Crippen LogP contribution >= 0.6 is 0 Å². The summed E-state index contributed by atoms with van der Waals surface area (Å²) in [7, 11) is 0. The molecule has 0 radical (unpaired) electrons. The second kappa shape index (κ2) is 9.58. The van der Waals surface area contributed by atoms with Crippen molar-refractivity contribution in [1.82, 2.24) is 4.98 Å². The number of unbranched alkanes of at least 4 members (excludes halogenated alkanes) is 1. The zero-order chi connectivity index (χ0) is 22.6. The summed E-state index contributed by atoms with van der Waals surface area (Å²) in [6, 6.07) is 4.21. The van der Waals surface area contributed by atoms with Gasteiger partial charge in [-0.15, -0.1) is 13.2 Å². The van der Waals surface area contributed by atoms with Crippen LogP contribution in [-0.4, -0.2) is 34.5 Å². The Morgan fingerprint density at radius 2 is 2.06 bits per heavy atom. The van der Waals surface area contributed by atoms with Crippen molar-refractivity contribution in [3.63, 3.8) is 0 Å². The van der Waals surface area contributed by atoms with E-state index in [2.05, 4.69) is 14.7 Å². The molecule has 0 saturated heterocycles. The van der Waals surface area contributed by atoms with Crippen molar-refractivity contribution < 1.29 is 27.8 Å². The molecule has 1 aliphatic carbocycles. The van der Waals surface area contributed by atoms with Crippen molar-refractivity contribution in [1.29, 1.82) is 0 Å². The number of rotatable bonds is 7. The minimum Gasteiger partial charge on any atom is -0.511 e. The number of carbonyl (C=O) groups is 1. The third kappa shape index (κ3) is 5.68. The number of halogens is 3. The minimum atomic E-state index is -4.75. The Morgan fingerprint density at radius 3 is 2.77 bits per heavy atom. The number of aliphatic hydroxyl groups excluding tert-OH is 1. The van der Waals surface area contributed by atoms with Crippen LogP contribution in [0.3, 0.4) is 0 Å². The largest absolute Gasteiger partial charge is 0.573 e. The molecule has 3 rings (SSSR count). The number of fused-ring (bicyclic) bond motifs is 1. The summed E-state index contributed by atoms with van der Waals surface area (Å²) in [4.78, 5) is 20.1. The lowest BCUT2D eigenvalue weighted by Gasteiger charge is -2.18. The first-order valence-corrected chi connectivity index (χ1v) is 10.6. The van der Waals surface area contributed by atoms with Crippen LogP contribution in [0.25, 0.3) is 10.9 Å². The molecule has 0 amide bonds. The number of ether oxygens (including phenoxy) is 1. The fourth-order valence-corrected chi connectivity index (χ4v) is 3.97. The van der Waals surface area contributed by atoms with E-state index in [1.165, 1.54) is 12.1 Å². The average Bonchev–Trinajstić information content (AvgIpc) is 3.00. The maximum atomic E-state index is 12.6. The van der Waals surface area contributed by atoms with Crippen molar-refractivity contribution in [3.8, 4) is 5.75 Å². The molecule has 0 atom stereocenters. The van der Waals surface area contributed by atoms with Crippen LogP contribution in [0.15, 0.2) is 34.5 Å². The number of aliphatic hydroxyl groups is 1. The monoisotopic (exact) mass is 436 g/mol. The standard InChI is InChI=1S/C23H27F3N2O3/c1-3-4-7-20(29)22-19(6-5-8-21(22)30)27-12-11-16-14(2)28-18-10-9-15(13-17(16)18)31-23(24,25)26/h9-10,13,28-29H,3-8,11-12H2,1-2H3/b22-20+,27-19?. The number of H-pyrrole nitrogens is 1. The van der Waals surface area contributed by atoms with Gasteiger partial charge in [-0.3, -0.25) is 9.79 Å². The molecule has 0 unspecified atom stereocenters. The van der Waals surface area contributed by atoms with Gasteiger partial charge in [0.05, 0.1) is 5.57 Å². The van der Waals surface area contributed by atoms with E-state index in [0.717, 1.165) is 29.6 Å². The first kappa shape index (κ1) is 22.9. The SMILES string of the molecule is CCCC/C(O)=C1\C(=O)CCCC1=NCCc1c(C)[nH]c2ccc(OC(F)(F)F)cc12. The van der Waals surface area contributed by atoms with Crippen molar-refractivity contribution in [2.45, 2.75) is 65.2 Å². The third-order valence-electron chi connectivity index (χ3n) is 5.43. The van der Waals surface area contributed by atoms with Gasteiger partial charge in [-0.1, -0.05) is 13.3 Å². The van der Waals surface area contributed by atoms with Crippen molar-refractivity contribution >= 4 is 22.4 Å². The second-order valence-corrected chi connectivity index (χ2v) is 7.76. The highest BCUT2D eigenvalue weighted by atomic mass is 19.4. The van der Waals surface area contributed by atoms with Gasteiger partial charge in [0, 0.05) is 41.7 Å². The highest BCUT2D eigenvalue weighted by Gasteiger charge is 2.31.